The van der Waals surface area contributed by atoms with E-state index in [2.05, 4.69) is 51.5 Å². The first-order valence-corrected chi connectivity index (χ1v) is 17.9. The number of carbonyl (C=O) groups excluding carboxylic acids is 3. The Labute approximate surface area is 283 Å². The molecule has 7 rings (SSSR count). The Hall–Kier alpha value is -3.96. The van der Waals surface area contributed by atoms with Crippen molar-refractivity contribution in [3.05, 3.63) is 59.8 Å². The molecule has 256 valence electrons. The molecule has 0 aliphatic carbocycles. The summed E-state index contributed by atoms with van der Waals surface area (Å²) < 4.78 is 1.85. The fraction of sp³-hybridized carbons (Fsp3) is 0.568. The number of nitrogens with zero attached hydrogens (tertiary/aromatic N) is 7. The van der Waals surface area contributed by atoms with E-state index in [1.807, 2.05) is 50.8 Å². The van der Waals surface area contributed by atoms with Crippen LogP contribution in [0.3, 0.4) is 0 Å². The largest absolute Gasteiger partial charge is 0.343 e. The maximum absolute atomic E-state index is 14.2. The maximum atomic E-state index is 14.2. The Balaban J connectivity index is 0.991. The number of urea groups is 1. The van der Waals surface area contributed by atoms with Gasteiger partial charge in [0.2, 0.25) is 11.8 Å². The number of likely N-dealkylation sites (N-methyl/N-ethyl adjacent to an activating group) is 1. The molecule has 3 saturated heterocycles. The van der Waals surface area contributed by atoms with Crippen LogP contribution < -0.4 is 5.32 Å². The first-order valence-electron chi connectivity index (χ1n) is 17.9. The van der Waals surface area contributed by atoms with Gasteiger partial charge >= 0.3 is 6.03 Å². The number of aryl methyl sites for hydroxylation is 1. The lowest BCUT2D eigenvalue weighted by Crippen LogP contribution is -2.53. The molecule has 2 aromatic carbocycles. The molecule has 1 unspecified atom stereocenters. The summed E-state index contributed by atoms with van der Waals surface area (Å²) >= 11 is 0. The van der Waals surface area contributed by atoms with Crippen LogP contribution in [-0.2, 0) is 29.5 Å². The van der Waals surface area contributed by atoms with Gasteiger partial charge in [-0.2, -0.15) is 5.10 Å². The van der Waals surface area contributed by atoms with Crippen LogP contribution in [0.2, 0.25) is 0 Å². The summed E-state index contributed by atoms with van der Waals surface area (Å²) in [6, 6.07) is 14.8. The summed E-state index contributed by atoms with van der Waals surface area (Å²) in [4.78, 5) is 52.1. The number of amides is 4. The van der Waals surface area contributed by atoms with Crippen LogP contribution in [0.5, 0.6) is 0 Å². The highest BCUT2D eigenvalue weighted by Gasteiger charge is 2.35. The smallest absolute Gasteiger partial charge is 0.322 e. The van der Waals surface area contributed by atoms with Crippen molar-refractivity contribution in [1.82, 2.24) is 34.3 Å². The van der Waals surface area contributed by atoms with Crippen LogP contribution >= 0.6 is 0 Å². The lowest BCUT2D eigenvalue weighted by atomic mass is 9.91. The molecule has 11 nitrogen and oxygen atoms in total. The van der Waals surface area contributed by atoms with Gasteiger partial charge in [0.25, 0.3) is 0 Å². The molecule has 4 amide bonds. The molecule has 4 aliphatic rings. The van der Waals surface area contributed by atoms with Crippen molar-refractivity contribution in [3.63, 3.8) is 0 Å². The van der Waals surface area contributed by atoms with E-state index in [9.17, 15) is 14.4 Å². The number of rotatable bonds is 7. The quantitative estimate of drug-likeness (QED) is 0.420. The van der Waals surface area contributed by atoms with Crippen molar-refractivity contribution < 1.29 is 14.4 Å². The molecular weight excluding hydrogens is 604 g/mol. The third-order valence-corrected chi connectivity index (χ3v) is 11.3. The molecule has 1 atom stereocenters. The van der Waals surface area contributed by atoms with Crippen molar-refractivity contribution in [2.75, 3.05) is 71.3 Å². The first kappa shape index (κ1) is 32.6. The fourth-order valence-corrected chi connectivity index (χ4v) is 8.27. The minimum atomic E-state index is -0.417. The number of anilines is 1. The number of fused-ring (bicyclic) bond motifs is 2. The summed E-state index contributed by atoms with van der Waals surface area (Å²) in [6.45, 7) is 7.74. The van der Waals surface area contributed by atoms with Crippen molar-refractivity contribution >= 4 is 34.4 Å². The summed E-state index contributed by atoms with van der Waals surface area (Å²) in [5.74, 6) is -0.282. The van der Waals surface area contributed by atoms with Crippen LogP contribution in [-0.4, -0.2) is 130 Å². The van der Waals surface area contributed by atoms with E-state index in [1.54, 1.807) is 0 Å². The Morgan fingerprint density at radius 2 is 1.56 bits per heavy atom. The molecule has 3 fully saturated rings. The number of piperidine rings is 2. The topological polar surface area (TPSA) is 97.3 Å². The van der Waals surface area contributed by atoms with Crippen LogP contribution in [0.4, 0.5) is 10.5 Å². The Morgan fingerprint density at radius 3 is 2.33 bits per heavy atom. The SMILES string of the molecule is CN1CCN(C2CCN(C(=O)C(CC(=O)N3CCC(N4CCc5ccccc5NC4=O)CC3)Cc3ccc4c(cnn4C)c3)CC2)CC1. The second kappa shape index (κ2) is 14.3. The molecule has 0 spiro atoms. The average molecular weight is 655 g/mol. The van der Waals surface area contributed by atoms with Crippen LogP contribution in [0.25, 0.3) is 10.9 Å². The van der Waals surface area contributed by atoms with Crippen molar-refractivity contribution in [2.24, 2.45) is 13.0 Å². The van der Waals surface area contributed by atoms with Gasteiger partial charge in [0.05, 0.1) is 17.6 Å². The van der Waals surface area contributed by atoms with E-state index in [1.165, 1.54) is 0 Å². The van der Waals surface area contributed by atoms with Gasteiger partial charge in [0.15, 0.2) is 0 Å². The third-order valence-electron chi connectivity index (χ3n) is 11.3. The lowest BCUT2D eigenvalue weighted by molar-refractivity contribution is -0.143. The van der Waals surface area contributed by atoms with Crippen LogP contribution in [0.15, 0.2) is 48.7 Å². The molecule has 11 heteroatoms. The molecule has 0 radical (unpaired) electrons. The number of likely N-dealkylation sites (tertiary alicyclic amines) is 2. The number of benzene rings is 2. The molecule has 3 aromatic rings. The molecular formula is C37H50N8O3. The lowest BCUT2D eigenvalue weighted by Gasteiger charge is -2.42. The summed E-state index contributed by atoms with van der Waals surface area (Å²) in [5.41, 5.74) is 4.15. The zero-order valence-corrected chi connectivity index (χ0v) is 28.5. The van der Waals surface area contributed by atoms with E-state index in [-0.39, 0.29) is 30.3 Å². The van der Waals surface area contributed by atoms with Gasteiger partial charge in [0.1, 0.15) is 0 Å². The van der Waals surface area contributed by atoms with Gasteiger partial charge < -0.3 is 24.9 Å². The van der Waals surface area contributed by atoms with Gasteiger partial charge in [-0.3, -0.25) is 19.2 Å². The van der Waals surface area contributed by atoms with Gasteiger partial charge in [0, 0.05) is 95.5 Å². The second-order valence-electron chi connectivity index (χ2n) is 14.3. The van der Waals surface area contributed by atoms with Crippen LogP contribution in [0.1, 0.15) is 43.2 Å². The van der Waals surface area contributed by atoms with Gasteiger partial charge in [-0.15, -0.1) is 0 Å². The number of para-hydroxylation sites is 1. The number of hydrogen-bond donors (Lipinski definition) is 1. The minimum absolute atomic E-state index is 0.0364. The highest BCUT2D eigenvalue weighted by molar-refractivity contribution is 5.91. The molecule has 1 N–H and O–H groups in total. The fourth-order valence-electron chi connectivity index (χ4n) is 8.27. The Morgan fingerprint density at radius 1 is 0.854 bits per heavy atom. The zero-order valence-electron chi connectivity index (χ0n) is 28.5. The van der Waals surface area contributed by atoms with Crippen molar-refractivity contribution in [1.29, 1.82) is 0 Å². The number of piperazine rings is 1. The van der Waals surface area contributed by atoms with Crippen LogP contribution in [0, 0.1) is 5.92 Å². The maximum Gasteiger partial charge on any atom is 0.322 e. The monoisotopic (exact) mass is 654 g/mol. The highest BCUT2D eigenvalue weighted by atomic mass is 16.2. The van der Waals surface area contributed by atoms with E-state index >= 15 is 0 Å². The average Bonchev–Trinajstić information content (AvgIpc) is 3.38. The van der Waals surface area contributed by atoms with E-state index in [0.717, 1.165) is 99.1 Å². The predicted octanol–water partition coefficient (Wildman–Crippen LogP) is 3.44. The van der Waals surface area contributed by atoms with Gasteiger partial charge in [-0.05, 0) is 74.9 Å². The molecule has 5 heterocycles. The number of carbonyl (C=O) groups is 3. The Kier molecular flexibility index (Phi) is 9.68. The van der Waals surface area contributed by atoms with E-state index in [4.69, 9.17) is 0 Å². The molecule has 4 aliphatic heterocycles. The molecule has 0 bridgehead atoms. The molecule has 48 heavy (non-hydrogen) atoms. The second-order valence-corrected chi connectivity index (χ2v) is 14.3. The molecule has 0 saturated carbocycles. The third kappa shape index (κ3) is 7.08. The Bertz CT molecular complexity index is 1620. The first-order chi connectivity index (χ1) is 23.3. The van der Waals surface area contributed by atoms with Crippen molar-refractivity contribution in [2.45, 2.75) is 57.0 Å². The normalized spacial score (nSPS) is 21.2. The number of aromatic nitrogens is 2. The summed E-state index contributed by atoms with van der Waals surface area (Å²) in [5, 5.41) is 8.52. The number of hydrogen-bond acceptors (Lipinski definition) is 6. The minimum Gasteiger partial charge on any atom is -0.343 e. The standard InChI is InChI=1S/C37H50N8O3/c1-40-19-21-42(22-20-40)31-10-16-44(17-11-31)36(47)29(23-27-7-8-34-30(24-27)26-38-41(34)2)25-35(46)43-14-12-32(13-15-43)45-18-9-28-5-3-4-6-33(28)39-37(45)48/h3-8,24,26,29,31-32H,9-23,25H2,1-2H3,(H,39,48). The summed E-state index contributed by atoms with van der Waals surface area (Å²) in [6.07, 6.45) is 6.86. The van der Waals surface area contributed by atoms with E-state index < -0.39 is 5.92 Å². The predicted molar refractivity (Wildman–Crippen MR) is 187 cm³/mol. The van der Waals surface area contributed by atoms with Gasteiger partial charge in [-0.25, -0.2) is 4.79 Å². The highest BCUT2D eigenvalue weighted by Crippen LogP contribution is 2.27. The molecule has 1 aromatic heterocycles. The van der Waals surface area contributed by atoms with Gasteiger partial charge in [-0.1, -0.05) is 24.3 Å². The van der Waals surface area contributed by atoms with E-state index in [0.29, 0.717) is 32.1 Å². The van der Waals surface area contributed by atoms with Crippen molar-refractivity contribution in [3.8, 4) is 0 Å². The zero-order chi connectivity index (χ0) is 33.2. The summed E-state index contributed by atoms with van der Waals surface area (Å²) in [7, 11) is 4.11. The number of nitrogens with one attached hydrogen (secondary N) is 1.